The molecule has 1 amide bonds. The zero-order chi connectivity index (χ0) is 22.7. The van der Waals surface area contributed by atoms with Crippen molar-refractivity contribution in [1.82, 2.24) is 19.2 Å². The summed E-state index contributed by atoms with van der Waals surface area (Å²) < 4.78 is 43.9. The molecule has 0 bridgehead atoms. The zero-order valence-corrected chi connectivity index (χ0v) is 19.4. The van der Waals surface area contributed by atoms with Crippen LogP contribution in [0, 0.1) is 12.7 Å². The Morgan fingerprint density at radius 1 is 1.22 bits per heavy atom. The SMILES string of the molecule is Cc1csc(-c2cc(S(=O)(=O)NCc3ccccc3F)cn2CC(=O)N2CCCCC2)n1. The molecular weight excluding hydrogens is 451 g/mol. The number of benzene rings is 1. The van der Waals surface area contributed by atoms with Gasteiger partial charge in [-0.2, -0.15) is 0 Å². The Hall–Kier alpha value is -2.56. The molecule has 4 rings (SSSR count). The molecule has 3 heterocycles. The van der Waals surface area contributed by atoms with E-state index in [1.165, 1.54) is 35.7 Å². The highest BCUT2D eigenvalue weighted by atomic mass is 32.2. The highest BCUT2D eigenvalue weighted by Crippen LogP contribution is 2.28. The number of aryl methyl sites for hydroxylation is 1. The second kappa shape index (κ2) is 9.51. The number of hydrogen-bond donors (Lipinski definition) is 1. The standard InChI is InChI=1S/C22H25FN4O3S2/c1-16-15-31-22(25-16)20-11-18(13-27(20)14-21(28)26-9-5-2-6-10-26)32(29,30)24-12-17-7-3-4-8-19(17)23/h3-4,7-8,11,13,15,24H,2,5-6,9-10,12,14H2,1H3. The van der Waals surface area contributed by atoms with Crippen molar-refractivity contribution in [3.05, 3.63) is 59.0 Å². The molecule has 10 heteroatoms. The Morgan fingerprint density at radius 3 is 2.66 bits per heavy atom. The van der Waals surface area contributed by atoms with Gasteiger partial charge in [-0.1, -0.05) is 18.2 Å². The molecule has 7 nitrogen and oxygen atoms in total. The number of likely N-dealkylation sites (tertiary alicyclic amines) is 1. The lowest BCUT2D eigenvalue weighted by Gasteiger charge is -2.27. The topological polar surface area (TPSA) is 84.3 Å². The molecule has 0 atom stereocenters. The van der Waals surface area contributed by atoms with Crippen LogP contribution in [0.3, 0.4) is 0 Å². The first kappa shape index (κ1) is 22.6. The first-order chi connectivity index (χ1) is 15.3. The van der Waals surface area contributed by atoms with Crippen LogP contribution in [0.5, 0.6) is 0 Å². The highest BCUT2D eigenvalue weighted by Gasteiger charge is 2.24. The van der Waals surface area contributed by atoms with E-state index in [1.807, 2.05) is 17.2 Å². The molecule has 32 heavy (non-hydrogen) atoms. The number of sulfonamides is 1. The Bertz CT molecular complexity index is 1210. The van der Waals surface area contributed by atoms with Gasteiger partial charge in [0.1, 0.15) is 22.3 Å². The number of nitrogens with zero attached hydrogens (tertiary/aromatic N) is 3. The van der Waals surface area contributed by atoms with E-state index in [2.05, 4.69) is 9.71 Å². The molecule has 0 aliphatic carbocycles. The van der Waals surface area contributed by atoms with E-state index in [1.54, 1.807) is 16.7 Å². The lowest BCUT2D eigenvalue weighted by Crippen LogP contribution is -2.37. The van der Waals surface area contributed by atoms with Gasteiger partial charge in [-0.05, 0) is 38.3 Å². The summed E-state index contributed by atoms with van der Waals surface area (Å²) in [5.41, 5.74) is 1.65. The van der Waals surface area contributed by atoms with E-state index >= 15 is 0 Å². The van der Waals surface area contributed by atoms with Gasteiger partial charge < -0.3 is 9.47 Å². The van der Waals surface area contributed by atoms with E-state index in [0.29, 0.717) is 10.7 Å². The van der Waals surface area contributed by atoms with Gasteiger partial charge in [0, 0.05) is 42.5 Å². The van der Waals surface area contributed by atoms with Gasteiger partial charge in [0.05, 0.1) is 5.69 Å². The minimum atomic E-state index is -3.92. The van der Waals surface area contributed by atoms with Crippen molar-refractivity contribution >= 4 is 27.3 Å². The molecular formula is C22H25FN4O3S2. The number of thiazole rings is 1. The van der Waals surface area contributed by atoms with Gasteiger partial charge in [-0.15, -0.1) is 11.3 Å². The summed E-state index contributed by atoms with van der Waals surface area (Å²) in [6, 6.07) is 7.54. The number of amides is 1. The monoisotopic (exact) mass is 476 g/mol. The number of aromatic nitrogens is 2. The fraction of sp³-hybridized carbons (Fsp3) is 0.364. The lowest BCUT2D eigenvalue weighted by molar-refractivity contribution is -0.132. The van der Waals surface area contributed by atoms with Crippen molar-refractivity contribution in [2.45, 2.75) is 44.2 Å². The number of carbonyl (C=O) groups is 1. The third-order valence-electron chi connectivity index (χ3n) is 5.44. The number of nitrogens with one attached hydrogen (secondary N) is 1. The Labute approximate surface area is 191 Å². The molecule has 1 aliphatic rings. The quantitative estimate of drug-likeness (QED) is 0.565. The lowest BCUT2D eigenvalue weighted by atomic mass is 10.1. The van der Waals surface area contributed by atoms with Crippen LogP contribution in [0.15, 0.2) is 46.8 Å². The summed E-state index contributed by atoms with van der Waals surface area (Å²) >= 11 is 1.39. The average molecular weight is 477 g/mol. The summed E-state index contributed by atoms with van der Waals surface area (Å²) in [6.07, 6.45) is 4.54. The molecule has 0 saturated carbocycles. The van der Waals surface area contributed by atoms with Crippen molar-refractivity contribution in [3.8, 4) is 10.7 Å². The van der Waals surface area contributed by atoms with Crippen LogP contribution in [0.4, 0.5) is 4.39 Å². The number of hydrogen-bond acceptors (Lipinski definition) is 5. The fourth-order valence-electron chi connectivity index (χ4n) is 3.70. The molecule has 0 unspecified atom stereocenters. The van der Waals surface area contributed by atoms with Crippen LogP contribution in [0.2, 0.25) is 0 Å². The molecule has 1 aromatic carbocycles. The minimum Gasteiger partial charge on any atom is -0.341 e. The van der Waals surface area contributed by atoms with Gasteiger partial charge in [-0.25, -0.2) is 22.5 Å². The Balaban J connectivity index is 1.60. The first-order valence-corrected chi connectivity index (χ1v) is 12.8. The predicted molar refractivity (Wildman–Crippen MR) is 121 cm³/mol. The van der Waals surface area contributed by atoms with Gasteiger partial charge >= 0.3 is 0 Å². The second-order valence-electron chi connectivity index (χ2n) is 7.84. The van der Waals surface area contributed by atoms with Crippen molar-refractivity contribution < 1.29 is 17.6 Å². The molecule has 1 fully saturated rings. The van der Waals surface area contributed by atoms with Crippen LogP contribution in [-0.4, -0.2) is 41.9 Å². The zero-order valence-electron chi connectivity index (χ0n) is 17.8. The molecule has 1 aliphatic heterocycles. The number of piperidine rings is 1. The third-order valence-corrected chi connectivity index (χ3v) is 7.80. The van der Waals surface area contributed by atoms with Crippen LogP contribution >= 0.6 is 11.3 Å². The fourth-order valence-corrected chi connectivity index (χ4v) is 5.57. The summed E-state index contributed by atoms with van der Waals surface area (Å²) in [6.45, 7) is 3.18. The number of rotatable bonds is 7. The van der Waals surface area contributed by atoms with Crippen LogP contribution in [-0.2, 0) is 27.9 Å². The Kier molecular flexibility index (Phi) is 6.73. The molecule has 1 N–H and O–H groups in total. The van der Waals surface area contributed by atoms with Gasteiger partial charge in [0.15, 0.2) is 0 Å². The summed E-state index contributed by atoms with van der Waals surface area (Å²) in [5.74, 6) is -0.517. The van der Waals surface area contributed by atoms with Crippen molar-refractivity contribution in [2.24, 2.45) is 0 Å². The molecule has 3 aromatic rings. The van der Waals surface area contributed by atoms with E-state index in [0.717, 1.165) is 38.0 Å². The van der Waals surface area contributed by atoms with Crippen LogP contribution in [0.1, 0.15) is 30.5 Å². The smallest absolute Gasteiger partial charge is 0.242 e. The maximum Gasteiger partial charge on any atom is 0.242 e. The molecule has 2 aromatic heterocycles. The minimum absolute atomic E-state index is 0.0168. The maximum atomic E-state index is 13.9. The third kappa shape index (κ3) is 5.08. The second-order valence-corrected chi connectivity index (χ2v) is 10.5. The summed E-state index contributed by atoms with van der Waals surface area (Å²) in [7, 11) is -3.92. The van der Waals surface area contributed by atoms with E-state index < -0.39 is 15.8 Å². The van der Waals surface area contributed by atoms with Crippen LogP contribution in [0.25, 0.3) is 10.7 Å². The summed E-state index contributed by atoms with van der Waals surface area (Å²) in [4.78, 5) is 19.2. The molecule has 0 radical (unpaired) electrons. The van der Waals surface area contributed by atoms with Gasteiger partial charge in [0.25, 0.3) is 0 Å². The normalized spacial score (nSPS) is 14.6. The van der Waals surface area contributed by atoms with E-state index in [9.17, 15) is 17.6 Å². The highest BCUT2D eigenvalue weighted by molar-refractivity contribution is 7.89. The number of carbonyl (C=O) groups excluding carboxylic acids is 1. The molecule has 1 saturated heterocycles. The Morgan fingerprint density at radius 2 is 1.97 bits per heavy atom. The van der Waals surface area contributed by atoms with Crippen molar-refractivity contribution in [3.63, 3.8) is 0 Å². The molecule has 0 spiro atoms. The van der Waals surface area contributed by atoms with E-state index in [-0.39, 0.29) is 29.5 Å². The van der Waals surface area contributed by atoms with Crippen molar-refractivity contribution in [1.29, 1.82) is 0 Å². The first-order valence-electron chi connectivity index (χ1n) is 10.5. The van der Waals surface area contributed by atoms with Crippen molar-refractivity contribution in [2.75, 3.05) is 13.1 Å². The number of halogens is 1. The maximum absolute atomic E-state index is 13.9. The van der Waals surface area contributed by atoms with Crippen LogP contribution < -0.4 is 4.72 Å². The van der Waals surface area contributed by atoms with Gasteiger partial charge in [0.2, 0.25) is 15.9 Å². The van der Waals surface area contributed by atoms with E-state index in [4.69, 9.17) is 0 Å². The predicted octanol–water partition coefficient (Wildman–Crippen LogP) is 3.55. The average Bonchev–Trinajstić information content (AvgIpc) is 3.40. The molecule has 170 valence electrons. The largest absolute Gasteiger partial charge is 0.341 e. The summed E-state index contributed by atoms with van der Waals surface area (Å²) in [5, 5.41) is 2.52. The van der Waals surface area contributed by atoms with Gasteiger partial charge in [-0.3, -0.25) is 4.79 Å².